The van der Waals surface area contributed by atoms with Gasteiger partial charge in [0.05, 0.1) is 25.1 Å². The Morgan fingerprint density at radius 2 is 1.88 bits per heavy atom. The van der Waals surface area contributed by atoms with E-state index in [1.807, 2.05) is 0 Å². The lowest BCUT2D eigenvalue weighted by Gasteiger charge is -2.37. The standard InChI is InChI=1S/C19H40O5SSi/c1-18(2,3)26(7,8)24-15-16(10-9-11-23-25(6,20)21)12-17-13-19(4,5)22-14-17/h16-17H,9-15H2,1-8H3. The third kappa shape index (κ3) is 8.82. The van der Waals surface area contributed by atoms with Gasteiger partial charge in [0.2, 0.25) is 0 Å². The summed E-state index contributed by atoms with van der Waals surface area (Å²) < 4.78 is 39.5. The highest BCUT2D eigenvalue weighted by Crippen LogP contribution is 2.38. The third-order valence-electron chi connectivity index (χ3n) is 5.70. The molecule has 0 saturated carbocycles. The lowest BCUT2D eigenvalue weighted by molar-refractivity contribution is 0.0343. The fourth-order valence-electron chi connectivity index (χ4n) is 3.17. The van der Waals surface area contributed by atoms with Crippen LogP contribution < -0.4 is 0 Å². The molecule has 0 aromatic carbocycles. The molecule has 0 aromatic rings. The summed E-state index contributed by atoms with van der Waals surface area (Å²) in [7, 11) is -5.15. The van der Waals surface area contributed by atoms with E-state index in [9.17, 15) is 8.42 Å². The smallest absolute Gasteiger partial charge is 0.264 e. The maximum Gasteiger partial charge on any atom is 0.264 e. The Bertz CT molecular complexity index is 537. The summed E-state index contributed by atoms with van der Waals surface area (Å²) in [5.41, 5.74) is -0.0328. The van der Waals surface area contributed by atoms with Crippen LogP contribution in [0.2, 0.25) is 18.1 Å². The van der Waals surface area contributed by atoms with Crippen molar-refractivity contribution in [1.29, 1.82) is 0 Å². The summed E-state index contributed by atoms with van der Waals surface area (Å²) in [6.45, 7) is 17.4. The van der Waals surface area contributed by atoms with Crippen LogP contribution in [0.5, 0.6) is 0 Å². The van der Waals surface area contributed by atoms with E-state index in [-0.39, 0.29) is 17.2 Å². The van der Waals surface area contributed by atoms with Gasteiger partial charge in [-0.25, -0.2) is 0 Å². The number of hydrogen-bond acceptors (Lipinski definition) is 5. The Labute approximate surface area is 162 Å². The molecule has 0 spiro atoms. The molecule has 0 aromatic heterocycles. The first kappa shape index (κ1) is 24.1. The molecule has 0 amide bonds. The maximum atomic E-state index is 11.1. The van der Waals surface area contributed by atoms with Gasteiger partial charge in [0.1, 0.15) is 0 Å². The number of hydrogen-bond donors (Lipinski definition) is 0. The van der Waals surface area contributed by atoms with Crippen LogP contribution in [0.15, 0.2) is 0 Å². The Kier molecular flexibility index (Phi) is 8.37. The molecule has 5 nitrogen and oxygen atoms in total. The molecule has 2 atom stereocenters. The van der Waals surface area contributed by atoms with Crippen molar-refractivity contribution in [2.45, 2.75) is 84.0 Å². The fraction of sp³-hybridized carbons (Fsp3) is 1.00. The summed E-state index contributed by atoms with van der Waals surface area (Å²) in [5.74, 6) is 0.962. The normalized spacial score (nSPS) is 22.5. The van der Waals surface area contributed by atoms with E-state index in [2.05, 4.69) is 47.7 Å². The Morgan fingerprint density at radius 1 is 1.27 bits per heavy atom. The second kappa shape index (κ2) is 9.03. The zero-order chi connectivity index (χ0) is 20.2. The van der Waals surface area contributed by atoms with Gasteiger partial charge in [0.15, 0.2) is 8.32 Å². The summed E-state index contributed by atoms with van der Waals surface area (Å²) in [6, 6.07) is 0. The molecule has 0 N–H and O–H groups in total. The van der Waals surface area contributed by atoms with Crippen molar-refractivity contribution in [3.8, 4) is 0 Å². The molecular weight excluding hydrogens is 368 g/mol. The highest BCUT2D eigenvalue weighted by atomic mass is 32.2. The molecule has 26 heavy (non-hydrogen) atoms. The summed E-state index contributed by atoms with van der Waals surface area (Å²) >= 11 is 0. The number of rotatable bonds is 10. The van der Waals surface area contributed by atoms with E-state index in [4.69, 9.17) is 13.3 Å². The van der Waals surface area contributed by atoms with Gasteiger partial charge >= 0.3 is 0 Å². The lowest BCUT2D eigenvalue weighted by atomic mass is 9.87. The molecular formula is C19H40O5SSi. The first-order valence-corrected chi connectivity index (χ1v) is 14.5. The van der Waals surface area contributed by atoms with Gasteiger partial charge in [-0.3, -0.25) is 4.18 Å². The quantitative estimate of drug-likeness (QED) is 0.301. The van der Waals surface area contributed by atoms with Crippen LogP contribution in [0.4, 0.5) is 0 Å². The van der Waals surface area contributed by atoms with E-state index < -0.39 is 18.4 Å². The predicted molar refractivity (Wildman–Crippen MR) is 109 cm³/mol. The van der Waals surface area contributed by atoms with Gasteiger partial charge in [-0.2, -0.15) is 8.42 Å². The van der Waals surface area contributed by atoms with E-state index in [0.717, 1.165) is 45.2 Å². The third-order valence-corrected chi connectivity index (χ3v) is 10.8. The lowest BCUT2D eigenvalue weighted by Crippen LogP contribution is -2.42. The minimum Gasteiger partial charge on any atom is -0.417 e. The fourth-order valence-corrected chi connectivity index (χ4v) is 4.68. The van der Waals surface area contributed by atoms with Gasteiger partial charge in [-0.15, -0.1) is 0 Å². The van der Waals surface area contributed by atoms with Crippen LogP contribution in [0.25, 0.3) is 0 Å². The van der Waals surface area contributed by atoms with Gasteiger partial charge in [0, 0.05) is 6.61 Å². The molecule has 1 aliphatic heterocycles. The van der Waals surface area contributed by atoms with Crippen LogP contribution >= 0.6 is 0 Å². The van der Waals surface area contributed by atoms with E-state index in [1.165, 1.54) is 0 Å². The summed E-state index contributed by atoms with van der Waals surface area (Å²) in [5, 5.41) is 0.190. The van der Waals surface area contributed by atoms with Crippen molar-refractivity contribution in [1.82, 2.24) is 0 Å². The topological polar surface area (TPSA) is 61.8 Å². The molecule has 1 fully saturated rings. The first-order chi connectivity index (χ1) is 11.6. The molecule has 7 heteroatoms. The first-order valence-electron chi connectivity index (χ1n) is 9.74. The molecule has 0 aliphatic carbocycles. The van der Waals surface area contributed by atoms with E-state index in [1.54, 1.807) is 0 Å². The monoisotopic (exact) mass is 408 g/mol. The molecule has 1 saturated heterocycles. The number of ether oxygens (including phenoxy) is 1. The van der Waals surface area contributed by atoms with Crippen LogP contribution in [-0.2, 0) is 23.5 Å². The summed E-state index contributed by atoms with van der Waals surface area (Å²) in [6.07, 6.45) is 4.89. The van der Waals surface area contributed by atoms with Crippen molar-refractivity contribution in [3.63, 3.8) is 0 Å². The van der Waals surface area contributed by atoms with Crippen molar-refractivity contribution in [2.75, 3.05) is 26.1 Å². The van der Waals surface area contributed by atoms with E-state index >= 15 is 0 Å². The largest absolute Gasteiger partial charge is 0.417 e. The van der Waals surface area contributed by atoms with Crippen molar-refractivity contribution >= 4 is 18.4 Å². The highest BCUT2D eigenvalue weighted by molar-refractivity contribution is 7.85. The maximum absolute atomic E-state index is 11.1. The second-order valence-electron chi connectivity index (χ2n) is 9.98. The Morgan fingerprint density at radius 3 is 2.35 bits per heavy atom. The van der Waals surface area contributed by atoms with Crippen molar-refractivity contribution < 1.29 is 21.8 Å². The Hall–Kier alpha value is 0.0469. The predicted octanol–water partition coefficient (Wildman–Crippen LogP) is 4.59. The van der Waals surface area contributed by atoms with Gasteiger partial charge in [0.25, 0.3) is 10.1 Å². The van der Waals surface area contributed by atoms with Gasteiger partial charge < -0.3 is 9.16 Å². The summed E-state index contributed by atoms with van der Waals surface area (Å²) in [4.78, 5) is 0. The Balaban J connectivity index is 2.60. The molecule has 0 bridgehead atoms. The molecule has 1 heterocycles. The van der Waals surface area contributed by atoms with Crippen LogP contribution in [0.3, 0.4) is 0 Å². The average Bonchev–Trinajstić information content (AvgIpc) is 2.77. The highest BCUT2D eigenvalue weighted by Gasteiger charge is 2.38. The minimum atomic E-state index is -3.36. The van der Waals surface area contributed by atoms with Gasteiger partial charge in [-0.1, -0.05) is 20.8 Å². The molecule has 1 rings (SSSR count). The van der Waals surface area contributed by atoms with Crippen LogP contribution in [0, 0.1) is 11.8 Å². The average molecular weight is 409 g/mol. The van der Waals surface area contributed by atoms with Crippen molar-refractivity contribution in [3.05, 3.63) is 0 Å². The molecule has 1 aliphatic rings. The second-order valence-corrected chi connectivity index (χ2v) is 16.4. The molecule has 0 radical (unpaired) electrons. The SMILES string of the molecule is CC1(C)CC(CC(CCCOS(C)(=O)=O)CO[Si](C)(C)C(C)(C)C)CO1. The zero-order valence-corrected chi connectivity index (χ0v) is 19.9. The molecule has 156 valence electrons. The van der Waals surface area contributed by atoms with Gasteiger partial charge in [-0.05, 0) is 69.5 Å². The van der Waals surface area contributed by atoms with Crippen molar-refractivity contribution in [2.24, 2.45) is 11.8 Å². The zero-order valence-electron chi connectivity index (χ0n) is 18.1. The minimum absolute atomic E-state index is 0.0328. The van der Waals surface area contributed by atoms with Crippen LogP contribution in [-0.4, -0.2) is 48.4 Å². The van der Waals surface area contributed by atoms with Crippen LogP contribution in [0.1, 0.15) is 60.3 Å². The van der Waals surface area contributed by atoms with E-state index in [0.29, 0.717) is 11.8 Å². The molecule has 2 unspecified atom stereocenters.